The van der Waals surface area contributed by atoms with Crippen LogP contribution in [0, 0.1) is 0 Å². The monoisotopic (exact) mass is 233 g/mol. The van der Waals surface area contributed by atoms with Crippen LogP contribution in [0.5, 0.6) is 0 Å². The van der Waals surface area contributed by atoms with E-state index in [0.717, 1.165) is 6.54 Å². The summed E-state index contributed by atoms with van der Waals surface area (Å²) in [7, 11) is 0. The Hall–Kier alpha value is -2.28. The highest BCUT2D eigenvalue weighted by atomic mass is 15.1. The van der Waals surface area contributed by atoms with Gasteiger partial charge in [0.2, 0.25) is 0 Å². The van der Waals surface area contributed by atoms with Gasteiger partial charge in [0.05, 0.1) is 0 Å². The molecular formula is C17H15N. The van der Waals surface area contributed by atoms with Crippen LogP contribution in [0.1, 0.15) is 5.56 Å². The van der Waals surface area contributed by atoms with Gasteiger partial charge in [0, 0.05) is 18.4 Å². The maximum Gasteiger partial charge on any atom is 0.0481 e. The van der Waals surface area contributed by atoms with Crippen LogP contribution >= 0.6 is 0 Å². The molecular weight excluding hydrogens is 218 g/mol. The first-order chi connectivity index (χ1) is 8.93. The predicted molar refractivity (Wildman–Crippen MR) is 77.3 cm³/mol. The molecule has 0 spiro atoms. The summed E-state index contributed by atoms with van der Waals surface area (Å²) in [4.78, 5) is 2.27. The fourth-order valence-electron chi connectivity index (χ4n) is 2.19. The van der Waals surface area contributed by atoms with Crippen LogP contribution in [0.2, 0.25) is 0 Å². The molecule has 2 aromatic carbocycles. The average Bonchev–Trinajstić information content (AvgIpc) is 2.49. The SMILES string of the molecule is C1=CN(c2ccccc2)CC(c2ccccc2)=C1. The fraction of sp³-hybridized carbons (Fsp3) is 0.0588. The van der Waals surface area contributed by atoms with Gasteiger partial charge in [-0.1, -0.05) is 54.6 Å². The molecule has 88 valence electrons. The summed E-state index contributed by atoms with van der Waals surface area (Å²) in [5.41, 5.74) is 3.88. The summed E-state index contributed by atoms with van der Waals surface area (Å²) < 4.78 is 0. The molecule has 1 heterocycles. The summed E-state index contributed by atoms with van der Waals surface area (Å²) in [5, 5.41) is 0. The molecule has 0 radical (unpaired) electrons. The van der Waals surface area contributed by atoms with Crippen molar-refractivity contribution in [3.8, 4) is 0 Å². The number of para-hydroxylation sites is 1. The quantitative estimate of drug-likeness (QED) is 0.754. The first-order valence-corrected chi connectivity index (χ1v) is 6.18. The lowest BCUT2D eigenvalue weighted by Gasteiger charge is -2.25. The lowest BCUT2D eigenvalue weighted by molar-refractivity contribution is 1.09. The Bertz CT molecular complexity index is 567. The van der Waals surface area contributed by atoms with E-state index in [1.165, 1.54) is 16.8 Å². The fourth-order valence-corrected chi connectivity index (χ4v) is 2.19. The van der Waals surface area contributed by atoms with Gasteiger partial charge in [-0.15, -0.1) is 0 Å². The van der Waals surface area contributed by atoms with Crippen molar-refractivity contribution < 1.29 is 0 Å². The molecule has 0 bridgehead atoms. The topological polar surface area (TPSA) is 3.24 Å². The van der Waals surface area contributed by atoms with Crippen molar-refractivity contribution in [1.29, 1.82) is 0 Å². The molecule has 3 rings (SSSR count). The molecule has 18 heavy (non-hydrogen) atoms. The highest BCUT2D eigenvalue weighted by molar-refractivity contribution is 5.74. The molecule has 1 aliphatic rings. The van der Waals surface area contributed by atoms with Crippen molar-refractivity contribution in [2.24, 2.45) is 0 Å². The van der Waals surface area contributed by atoms with Crippen LogP contribution in [0.4, 0.5) is 5.69 Å². The van der Waals surface area contributed by atoms with E-state index in [-0.39, 0.29) is 0 Å². The Kier molecular flexibility index (Phi) is 2.97. The van der Waals surface area contributed by atoms with Gasteiger partial charge in [-0.3, -0.25) is 0 Å². The standard InChI is InChI=1S/C17H15N/c1-3-8-15(9-4-1)16-10-7-13-18(14-16)17-11-5-2-6-12-17/h1-13H,14H2. The first-order valence-electron chi connectivity index (χ1n) is 6.18. The highest BCUT2D eigenvalue weighted by Gasteiger charge is 2.10. The third-order valence-corrected chi connectivity index (χ3v) is 3.14. The molecule has 0 N–H and O–H groups in total. The zero-order valence-corrected chi connectivity index (χ0v) is 10.2. The molecule has 1 nitrogen and oxygen atoms in total. The normalized spacial score (nSPS) is 14.4. The number of allylic oxidation sites excluding steroid dienone is 2. The van der Waals surface area contributed by atoms with Gasteiger partial charge in [0.25, 0.3) is 0 Å². The molecule has 0 aromatic heterocycles. The zero-order chi connectivity index (χ0) is 12.2. The van der Waals surface area contributed by atoms with Crippen LogP contribution in [0.3, 0.4) is 0 Å². The zero-order valence-electron chi connectivity index (χ0n) is 10.2. The van der Waals surface area contributed by atoms with E-state index in [4.69, 9.17) is 0 Å². The molecule has 0 saturated carbocycles. The molecule has 0 atom stereocenters. The van der Waals surface area contributed by atoms with E-state index in [1.807, 2.05) is 6.07 Å². The van der Waals surface area contributed by atoms with Crippen molar-refractivity contribution >= 4 is 11.3 Å². The van der Waals surface area contributed by atoms with Crippen molar-refractivity contribution in [2.45, 2.75) is 0 Å². The highest BCUT2D eigenvalue weighted by Crippen LogP contribution is 2.23. The summed E-state index contributed by atoms with van der Waals surface area (Å²) in [6.45, 7) is 0.921. The summed E-state index contributed by atoms with van der Waals surface area (Å²) in [5.74, 6) is 0. The lowest BCUT2D eigenvalue weighted by Crippen LogP contribution is -2.20. The van der Waals surface area contributed by atoms with Gasteiger partial charge in [-0.05, 0) is 29.3 Å². The molecule has 1 heteroatoms. The molecule has 0 unspecified atom stereocenters. The van der Waals surface area contributed by atoms with Crippen molar-refractivity contribution in [3.63, 3.8) is 0 Å². The molecule has 0 amide bonds. The summed E-state index contributed by atoms with van der Waals surface area (Å²) in [6, 6.07) is 21.0. The van der Waals surface area contributed by atoms with Crippen LogP contribution < -0.4 is 4.90 Å². The molecule has 1 aliphatic heterocycles. The van der Waals surface area contributed by atoms with Gasteiger partial charge < -0.3 is 4.90 Å². The van der Waals surface area contributed by atoms with E-state index in [1.54, 1.807) is 0 Å². The number of hydrogen-bond acceptors (Lipinski definition) is 1. The van der Waals surface area contributed by atoms with E-state index >= 15 is 0 Å². The molecule has 0 saturated heterocycles. The van der Waals surface area contributed by atoms with Crippen LogP contribution in [0.25, 0.3) is 5.57 Å². The van der Waals surface area contributed by atoms with Crippen LogP contribution in [0.15, 0.2) is 79.0 Å². The van der Waals surface area contributed by atoms with E-state index in [0.29, 0.717) is 0 Å². The van der Waals surface area contributed by atoms with Gasteiger partial charge in [-0.2, -0.15) is 0 Å². The Morgan fingerprint density at radius 1 is 0.778 bits per heavy atom. The Balaban J connectivity index is 1.85. The first kappa shape index (κ1) is 10.8. The van der Waals surface area contributed by atoms with Gasteiger partial charge in [-0.25, -0.2) is 0 Å². The number of hydrogen-bond donors (Lipinski definition) is 0. The third kappa shape index (κ3) is 2.21. The van der Waals surface area contributed by atoms with Crippen LogP contribution in [-0.4, -0.2) is 6.54 Å². The maximum absolute atomic E-state index is 2.27. The molecule has 0 aliphatic carbocycles. The molecule has 0 fully saturated rings. The summed E-state index contributed by atoms with van der Waals surface area (Å²) in [6.07, 6.45) is 6.43. The minimum Gasteiger partial charge on any atom is -0.344 e. The number of benzene rings is 2. The number of rotatable bonds is 2. The van der Waals surface area contributed by atoms with E-state index in [2.05, 4.69) is 77.8 Å². The van der Waals surface area contributed by atoms with Crippen molar-refractivity contribution in [1.82, 2.24) is 0 Å². The Morgan fingerprint density at radius 2 is 1.44 bits per heavy atom. The van der Waals surface area contributed by atoms with Gasteiger partial charge >= 0.3 is 0 Å². The number of nitrogens with zero attached hydrogens (tertiary/aromatic N) is 1. The maximum atomic E-state index is 2.27. The van der Waals surface area contributed by atoms with E-state index < -0.39 is 0 Å². The number of anilines is 1. The Labute approximate surface area is 108 Å². The molecule has 2 aromatic rings. The van der Waals surface area contributed by atoms with E-state index in [9.17, 15) is 0 Å². The van der Waals surface area contributed by atoms with Crippen molar-refractivity contribution in [2.75, 3.05) is 11.4 Å². The summed E-state index contributed by atoms with van der Waals surface area (Å²) >= 11 is 0. The third-order valence-electron chi connectivity index (χ3n) is 3.14. The Morgan fingerprint density at radius 3 is 2.17 bits per heavy atom. The second-order valence-corrected chi connectivity index (χ2v) is 4.36. The largest absolute Gasteiger partial charge is 0.344 e. The lowest BCUT2D eigenvalue weighted by atomic mass is 10.0. The van der Waals surface area contributed by atoms with Crippen molar-refractivity contribution in [3.05, 3.63) is 84.6 Å². The van der Waals surface area contributed by atoms with Crippen LogP contribution in [-0.2, 0) is 0 Å². The minimum absolute atomic E-state index is 0.921. The van der Waals surface area contributed by atoms with Gasteiger partial charge in [0.1, 0.15) is 0 Å². The average molecular weight is 233 g/mol. The predicted octanol–water partition coefficient (Wildman–Crippen LogP) is 4.10. The second kappa shape index (κ2) is 4.92. The second-order valence-electron chi connectivity index (χ2n) is 4.36. The minimum atomic E-state index is 0.921. The van der Waals surface area contributed by atoms with Gasteiger partial charge in [0.15, 0.2) is 0 Å². The smallest absolute Gasteiger partial charge is 0.0481 e.